The second-order valence-corrected chi connectivity index (χ2v) is 2.98. The molecule has 2 N–H and O–H groups in total. The average molecular weight is 234 g/mol. The maximum atomic E-state index is 10.1. The minimum atomic E-state index is -1.08. The Labute approximate surface area is 94.2 Å². The summed E-state index contributed by atoms with van der Waals surface area (Å²) < 4.78 is 4.64. The summed E-state index contributed by atoms with van der Waals surface area (Å²) in [6.07, 6.45) is 1.46. The van der Waals surface area contributed by atoms with E-state index in [-0.39, 0.29) is 18.8 Å². The smallest absolute Gasteiger partial charge is 0.303 e. The molecule has 0 radical (unpaired) electrons. The first-order chi connectivity index (χ1) is 7.40. The van der Waals surface area contributed by atoms with Crippen LogP contribution in [0.4, 0.5) is 0 Å². The highest BCUT2D eigenvalue weighted by Gasteiger charge is 2.00. The monoisotopic (exact) mass is 234 g/mol. The number of carbonyl (C=O) groups excluding carboxylic acids is 1. The van der Waals surface area contributed by atoms with Gasteiger partial charge in [0.25, 0.3) is 0 Å². The lowest BCUT2D eigenvalue weighted by Crippen LogP contribution is -2.00. The van der Waals surface area contributed by atoms with Crippen molar-refractivity contribution in [3.63, 3.8) is 0 Å². The van der Waals surface area contributed by atoms with Crippen LogP contribution in [0.2, 0.25) is 0 Å². The molecular formula is C10H18O6. The van der Waals surface area contributed by atoms with Crippen LogP contribution in [-0.4, -0.2) is 34.7 Å². The van der Waals surface area contributed by atoms with Gasteiger partial charge in [0.2, 0.25) is 0 Å². The van der Waals surface area contributed by atoms with Gasteiger partial charge in [-0.3, -0.25) is 14.4 Å². The van der Waals surface area contributed by atoms with Gasteiger partial charge in [-0.1, -0.05) is 13.3 Å². The lowest BCUT2D eigenvalue weighted by Gasteiger charge is -1.96. The number of ether oxygens (including phenoxy) is 1. The molecule has 0 aliphatic rings. The predicted octanol–water partition coefficient (Wildman–Crippen LogP) is 1.29. The number of carboxylic acids is 2. The SMILES string of the molecule is CCCCOC(C)=O.O=C(O)CCC(=O)O. The van der Waals surface area contributed by atoms with Gasteiger partial charge in [-0.2, -0.15) is 0 Å². The van der Waals surface area contributed by atoms with Gasteiger partial charge >= 0.3 is 17.9 Å². The molecule has 0 unspecified atom stereocenters. The summed E-state index contributed by atoms with van der Waals surface area (Å²) >= 11 is 0. The van der Waals surface area contributed by atoms with Crippen molar-refractivity contribution < 1.29 is 29.3 Å². The molecule has 0 spiro atoms. The molecule has 0 heterocycles. The van der Waals surface area contributed by atoms with Crippen molar-refractivity contribution in [1.29, 1.82) is 0 Å². The minimum Gasteiger partial charge on any atom is -0.481 e. The van der Waals surface area contributed by atoms with Gasteiger partial charge in [-0.25, -0.2) is 0 Å². The number of aliphatic carboxylic acids is 2. The first-order valence-electron chi connectivity index (χ1n) is 4.97. The minimum absolute atomic E-state index is 0.182. The third kappa shape index (κ3) is 22.8. The van der Waals surface area contributed by atoms with Crippen LogP contribution in [0.15, 0.2) is 0 Å². The van der Waals surface area contributed by atoms with Crippen molar-refractivity contribution in [3.05, 3.63) is 0 Å². The molecule has 6 heteroatoms. The summed E-state index contributed by atoms with van der Waals surface area (Å²) in [4.78, 5) is 29.4. The van der Waals surface area contributed by atoms with Crippen LogP contribution in [0, 0.1) is 0 Å². The van der Waals surface area contributed by atoms with E-state index in [4.69, 9.17) is 10.2 Å². The second-order valence-electron chi connectivity index (χ2n) is 2.98. The molecule has 0 aromatic heterocycles. The van der Waals surface area contributed by atoms with Crippen molar-refractivity contribution in [2.45, 2.75) is 39.5 Å². The molecule has 0 aromatic carbocycles. The normalized spacial score (nSPS) is 8.62. The fourth-order valence-electron chi connectivity index (χ4n) is 0.574. The van der Waals surface area contributed by atoms with Gasteiger partial charge in [0.15, 0.2) is 0 Å². The van der Waals surface area contributed by atoms with E-state index >= 15 is 0 Å². The second kappa shape index (κ2) is 11.5. The van der Waals surface area contributed by atoms with E-state index in [1.165, 1.54) is 6.92 Å². The third-order valence-electron chi connectivity index (χ3n) is 1.36. The number of hydrogen-bond donors (Lipinski definition) is 2. The van der Waals surface area contributed by atoms with Crippen molar-refractivity contribution in [1.82, 2.24) is 0 Å². The summed E-state index contributed by atoms with van der Waals surface area (Å²) in [6.45, 7) is 4.06. The van der Waals surface area contributed by atoms with E-state index in [1.54, 1.807) is 0 Å². The van der Waals surface area contributed by atoms with Crippen LogP contribution in [0.1, 0.15) is 39.5 Å². The van der Waals surface area contributed by atoms with E-state index in [0.717, 1.165) is 12.8 Å². The Morgan fingerprint density at radius 3 is 1.75 bits per heavy atom. The molecule has 0 fully saturated rings. The van der Waals surface area contributed by atoms with Crippen LogP contribution in [0.25, 0.3) is 0 Å². The van der Waals surface area contributed by atoms with Crippen LogP contribution in [0.3, 0.4) is 0 Å². The molecule has 0 saturated heterocycles. The molecular weight excluding hydrogens is 216 g/mol. The number of carboxylic acid groups (broad SMARTS) is 2. The van der Waals surface area contributed by atoms with Crippen LogP contribution in [0.5, 0.6) is 0 Å². The molecule has 6 nitrogen and oxygen atoms in total. The standard InChI is InChI=1S/C6H12O2.C4H6O4/c1-3-4-5-8-6(2)7;5-3(6)1-2-4(7)8/h3-5H2,1-2H3;1-2H2,(H,5,6)(H,7,8). The third-order valence-corrected chi connectivity index (χ3v) is 1.36. The Kier molecular flexibility index (Phi) is 12.1. The molecule has 0 aliphatic carbocycles. The zero-order valence-electron chi connectivity index (χ0n) is 9.56. The molecule has 0 rings (SSSR count). The molecule has 0 aromatic rings. The summed E-state index contributed by atoms with van der Waals surface area (Å²) in [5.41, 5.74) is 0. The largest absolute Gasteiger partial charge is 0.481 e. The molecule has 0 saturated carbocycles. The highest BCUT2D eigenvalue weighted by Crippen LogP contribution is 1.87. The summed E-state index contributed by atoms with van der Waals surface area (Å²) in [5, 5.41) is 15.8. The van der Waals surface area contributed by atoms with E-state index in [9.17, 15) is 14.4 Å². The molecule has 0 atom stereocenters. The Balaban J connectivity index is 0. The average Bonchev–Trinajstić information content (AvgIpc) is 2.16. The van der Waals surface area contributed by atoms with Crippen LogP contribution < -0.4 is 0 Å². The van der Waals surface area contributed by atoms with Gasteiger partial charge in [0, 0.05) is 6.92 Å². The molecule has 0 aliphatic heterocycles. The first-order valence-corrected chi connectivity index (χ1v) is 4.97. The maximum absolute atomic E-state index is 10.1. The number of carbonyl (C=O) groups is 3. The predicted molar refractivity (Wildman–Crippen MR) is 56.0 cm³/mol. The maximum Gasteiger partial charge on any atom is 0.303 e. The molecule has 16 heavy (non-hydrogen) atoms. The highest BCUT2D eigenvalue weighted by atomic mass is 16.5. The Bertz CT molecular complexity index is 209. The number of esters is 1. The van der Waals surface area contributed by atoms with Gasteiger partial charge < -0.3 is 14.9 Å². The zero-order chi connectivity index (χ0) is 13.0. The summed E-state index contributed by atoms with van der Waals surface area (Å²) in [6, 6.07) is 0. The lowest BCUT2D eigenvalue weighted by molar-refractivity contribution is -0.143. The highest BCUT2D eigenvalue weighted by molar-refractivity contribution is 5.75. The summed E-state index contributed by atoms with van der Waals surface area (Å²) in [7, 11) is 0. The molecule has 94 valence electrons. The van der Waals surface area contributed by atoms with E-state index in [1.807, 2.05) is 0 Å². The zero-order valence-corrected chi connectivity index (χ0v) is 9.56. The van der Waals surface area contributed by atoms with Gasteiger partial charge in [-0.05, 0) is 6.42 Å². The van der Waals surface area contributed by atoms with E-state index < -0.39 is 11.9 Å². The van der Waals surface area contributed by atoms with Crippen LogP contribution >= 0.6 is 0 Å². The Morgan fingerprint density at radius 2 is 1.50 bits per heavy atom. The Hall–Kier alpha value is -1.59. The number of hydrogen-bond acceptors (Lipinski definition) is 4. The van der Waals surface area contributed by atoms with Crippen molar-refractivity contribution in [2.75, 3.05) is 6.61 Å². The number of unbranched alkanes of at least 4 members (excludes halogenated alkanes) is 1. The van der Waals surface area contributed by atoms with Gasteiger partial charge in [0.05, 0.1) is 19.4 Å². The molecule has 0 amide bonds. The first kappa shape index (κ1) is 16.8. The van der Waals surface area contributed by atoms with E-state index in [2.05, 4.69) is 11.7 Å². The quantitative estimate of drug-likeness (QED) is 0.530. The summed E-state index contributed by atoms with van der Waals surface area (Å²) in [5.74, 6) is -2.33. The van der Waals surface area contributed by atoms with Gasteiger partial charge in [0.1, 0.15) is 0 Å². The molecule has 0 bridgehead atoms. The fourth-order valence-corrected chi connectivity index (χ4v) is 0.574. The van der Waals surface area contributed by atoms with Gasteiger partial charge in [-0.15, -0.1) is 0 Å². The van der Waals surface area contributed by atoms with Crippen LogP contribution in [-0.2, 0) is 19.1 Å². The van der Waals surface area contributed by atoms with Crippen molar-refractivity contribution >= 4 is 17.9 Å². The topological polar surface area (TPSA) is 101 Å². The van der Waals surface area contributed by atoms with Crippen molar-refractivity contribution in [2.24, 2.45) is 0 Å². The number of rotatable bonds is 6. The van der Waals surface area contributed by atoms with Crippen molar-refractivity contribution in [3.8, 4) is 0 Å². The fraction of sp³-hybridized carbons (Fsp3) is 0.700. The van der Waals surface area contributed by atoms with E-state index in [0.29, 0.717) is 6.61 Å². The lowest BCUT2D eigenvalue weighted by atomic mass is 10.3. The Morgan fingerprint density at radius 1 is 1.06 bits per heavy atom.